The minimum atomic E-state index is -0.631. The van der Waals surface area contributed by atoms with Crippen LogP contribution in [0.2, 0.25) is 5.02 Å². The largest absolute Gasteiger partial charge is 0.469 e. The number of nitro groups is 1. The van der Waals surface area contributed by atoms with Crippen LogP contribution in [0.15, 0.2) is 18.2 Å². The molecule has 1 fully saturated rings. The first-order valence-electron chi connectivity index (χ1n) is 7.74. The van der Waals surface area contributed by atoms with Crippen LogP contribution in [-0.2, 0) is 9.53 Å². The average molecular weight is 355 g/mol. The zero-order valence-corrected chi connectivity index (χ0v) is 14.0. The lowest BCUT2D eigenvalue weighted by Crippen LogP contribution is -2.37. The molecule has 7 nitrogen and oxygen atoms in total. The van der Waals surface area contributed by atoms with Crippen molar-refractivity contribution in [2.45, 2.75) is 25.7 Å². The van der Waals surface area contributed by atoms with Crippen LogP contribution in [0.25, 0.3) is 0 Å². The summed E-state index contributed by atoms with van der Waals surface area (Å²) in [7, 11) is 1.36. The van der Waals surface area contributed by atoms with Gasteiger partial charge in [0.2, 0.25) is 0 Å². The smallest absolute Gasteiger partial charge is 0.309 e. The third-order valence-corrected chi connectivity index (χ3v) is 4.66. The van der Waals surface area contributed by atoms with Gasteiger partial charge in [-0.15, -0.1) is 0 Å². The van der Waals surface area contributed by atoms with Gasteiger partial charge in [-0.2, -0.15) is 0 Å². The third kappa shape index (κ3) is 4.23. The maximum atomic E-state index is 12.2. The number of nitrogens with zero attached hydrogens (tertiary/aromatic N) is 1. The Hall–Kier alpha value is -2.15. The lowest BCUT2D eigenvalue weighted by Gasteiger charge is -2.29. The molecule has 0 heterocycles. The summed E-state index contributed by atoms with van der Waals surface area (Å²) in [5.41, 5.74) is -0.147. The van der Waals surface area contributed by atoms with Gasteiger partial charge < -0.3 is 10.1 Å². The molecule has 1 amide bonds. The molecule has 2 atom stereocenters. The van der Waals surface area contributed by atoms with Crippen LogP contribution in [0.1, 0.15) is 36.0 Å². The van der Waals surface area contributed by atoms with Crippen LogP contribution >= 0.6 is 11.6 Å². The van der Waals surface area contributed by atoms with Gasteiger partial charge in [-0.25, -0.2) is 0 Å². The number of carbonyl (C=O) groups excluding carboxylic acids is 2. The first-order valence-corrected chi connectivity index (χ1v) is 8.11. The number of carbonyl (C=O) groups is 2. The summed E-state index contributed by atoms with van der Waals surface area (Å²) in [6, 6.07) is 3.91. The average Bonchev–Trinajstić information content (AvgIpc) is 2.59. The van der Waals surface area contributed by atoms with Crippen molar-refractivity contribution in [2.75, 3.05) is 13.7 Å². The van der Waals surface area contributed by atoms with Crippen LogP contribution in [-0.4, -0.2) is 30.5 Å². The molecule has 24 heavy (non-hydrogen) atoms. The lowest BCUT2D eigenvalue weighted by molar-refractivity contribution is -0.384. The summed E-state index contributed by atoms with van der Waals surface area (Å²) in [6.07, 6.45) is 3.55. The molecule has 0 radical (unpaired) electrons. The van der Waals surface area contributed by atoms with Crippen molar-refractivity contribution in [3.8, 4) is 0 Å². The minimum absolute atomic E-state index is 0.0115. The number of esters is 1. The molecule has 2 unspecified atom stereocenters. The highest BCUT2D eigenvalue weighted by Crippen LogP contribution is 2.30. The maximum Gasteiger partial charge on any atom is 0.309 e. The predicted octanol–water partition coefficient (Wildman–Crippen LogP) is 2.96. The number of hydrogen-bond acceptors (Lipinski definition) is 5. The van der Waals surface area contributed by atoms with Crippen LogP contribution in [0.5, 0.6) is 0 Å². The van der Waals surface area contributed by atoms with Crippen molar-refractivity contribution in [2.24, 2.45) is 11.8 Å². The van der Waals surface area contributed by atoms with Gasteiger partial charge in [0.25, 0.3) is 11.6 Å². The third-order valence-electron chi connectivity index (χ3n) is 4.34. The van der Waals surface area contributed by atoms with E-state index in [9.17, 15) is 19.7 Å². The van der Waals surface area contributed by atoms with E-state index in [1.807, 2.05) is 0 Å². The number of nitro benzene ring substituents is 1. The molecule has 0 aromatic heterocycles. The molecule has 0 spiro atoms. The van der Waals surface area contributed by atoms with Gasteiger partial charge in [0.05, 0.1) is 18.0 Å². The van der Waals surface area contributed by atoms with Crippen molar-refractivity contribution in [1.29, 1.82) is 0 Å². The van der Waals surface area contributed by atoms with Gasteiger partial charge in [0.15, 0.2) is 0 Å². The van der Waals surface area contributed by atoms with Crippen molar-refractivity contribution in [3.63, 3.8) is 0 Å². The molecule has 1 aromatic carbocycles. The normalized spacial score (nSPS) is 20.2. The van der Waals surface area contributed by atoms with E-state index < -0.39 is 10.8 Å². The van der Waals surface area contributed by atoms with E-state index in [4.69, 9.17) is 16.3 Å². The zero-order valence-electron chi connectivity index (χ0n) is 13.3. The van der Waals surface area contributed by atoms with Gasteiger partial charge in [0.1, 0.15) is 5.02 Å². The Morgan fingerprint density at radius 2 is 2.08 bits per heavy atom. The van der Waals surface area contributed by atoms with Gasteiger partial charge in [0, 0.05) is 18.2 Å². The second-order valence-electron chi connectivity index (χ2n) is 5.81. The molecule has 0 bridgehead atoms. The Labute approximate surface area is 144 Å². The standard InChI is InChI=1S/C16H19ClN2O5/c1-24-16(21)12-5-3-2-4-11(12)9-18-15(20)10-6-7-13(17)14(8-10)19(22)23/h6-8,11-12H,2-5,9H2,1H3,(H,18,20). The van der Waals surface area contributed by atoms with Gasteiger partial charge >= 0.3 is 5.97 Å². The summed E-state index contributed by atoms with van der Waals surface area (Å²) in [5, 5.41) is 13.6. The fourth-order valence-electron chi connectivity index (χ4n) is 3.03. The van der Waals surface area contributed by atoms with Gasteiger partial charge in [-0.3, -0.25) is 19.7 Å². The number of methoxy groups -OCH3 is 1. The monoisotopic (exact) mass is 354 g/mol. The van der Waals surface area contributed by atoms with Crippen LogP contribution in [0.4, 0.5) is 5.69 Å². The fraction of sp³-hybridized carbons (Fsp3) is 0.500. The van der Waals surface area contributed by atoms with E-state index in [1.165, 1.54) is 19.2 Å². The Kier molecular flexibility index (Phi) is 6.14. The summed E-state index contributed by atoms with van der Waals surface area (Å²) in [6.45, 7) is 0.328. The SMILES string of the molecule is COC(=O)C1CCCCC1CNC(=O)c1ccc(Cl)c([N+](=O)[O-])c1. The second-order valence-corrected chi connectivity index (χ2v) is 6.21. The number of benzene rings is 1. The molecular weight excluding hydrogens is 336 g/mol. The van der Waals surface area contributed by atoms with E-state index >= 15 is 0 Å². The molecule has 1 N–H and O–H groups in total. The van der Waals surface area contributed by atoms with Gasteiger partial charge in [-0.1, -0.05) is 24.4 Å². The molecule has 130 valence electrons. The molecule has 0 saturated heterocycles. The fourth-order valence-corrected chi connectivity index (χ4v) is 3.22. The van der Waals surface area contributed by atoms with Crippen molar-refractivity contribution < 1.29 is 19.2 Å². The number of amides is 1. The molecule has 2 rings (SSSR count). The molecule has 8 heteroatoms. The summed E-state index contributed by atoms with van der Waals surface area (Å²) in [4.78, 5) is 34.3. The Bertz CT molecular complexity index is 649. The Morgan fingerprint density at radius 1 is 1.38 bits per heavy atom. The number of nitrogens with one attached hydrogen (secondary N) is 1. The molecule has 0 aliphatic heterocycles. The van der Waals surface area contributed by atoms with Crippen molar-refractivity contribution in [1.82, 2.24) is 5.32 Å². The number of rotatable bonds is 5. The lowest BCUT2D eigenvalue weighted by atomic mass is 9.79. The molecule has 1 saturated carbocycles. The number of hydrogen-bond donors (Lipinski definition) is 1. The second kappa shape index (κ2) is 8.10. The highest BCUT2D eigenvalue weighted by atomic mass is 35.5. The summed E-state index contributed by atoms with van der Waals surface area (Å²) < 4.78 is 4.83. The van der Waals surface area contributed by atoms with Crippen LogP contribution < -0.4 is 5.32 Å². The first kappa shape index (κ1) is 18.2. The zero-order chi connectivity index (χ0) is 17.7. The van der Waals surface area contributed by atoms with Crippen LogP contribution in [0, 0.1) is 22.0 Å². The van der Waals surface area contributed by atoms with E-state index in [0.29, 0.717) is 6.54 Å². The first-order chi connectivity index (χ1) is 11.4. The summed E-state index contributed by atoms with van der Waals surface area (Å²) >= 11 is 5.74. The number of ether oxygens (including phenoxy) is 1. The molecular formula is C16H19ClN2O5. The van der Waals surface area contributed by atoms with Crippen molar-refractivity contribution >= 4 is 29.2 Å². The van der Waals surface area contributed by atoms with E-state index in [2.05, 4.69) is 5.32 Å². The minimum Gasteiger partial charge on any atom is -0.469 e. The van der Waals surface area contributed by atoms with Crippen molar-refractivity contribution in [3.05, 3.63) is 38.9 Å². The molecule has 1 aliphatic rings. The highest BCUT2D eigenvalue weighted by Gasteiger charge is 2.32. The van der Waals surface area contributed by atoms with Gasteiger partial charge in [-0.05, 0) is 30.9 Å². The maximum absolute atomic E-state index is 12.2. The molecule has 1 aromatic rings. The highest BCUT2D eigenvalue weighted by molar-refractivity contribution is 6.32. The topological polar surface area (TPSA) is 98.5 Å². The predicted molar refractivity (Wildman–Crippen MR) is 87.9 cm³/mol. The molecule has 1 aliphatic carbocycles. The van der Waals surface area contributed by atoms with E-state index in [-0.39, 0.29) is 34.1 Å². The Balaban J connectivity index is 2.03. The van der Waals surface area contributed by atoms with E-state index in [0.717, 1.165) is 31.7 Å². The van der Waals surface area contributed by atoms with E-state index in [1.54, 1.807) is 0 Å². The number of halogens is 1. The van der Waals surface area contributed by atoms with Crippen LogP contribution in [0.3, 0.4) is 0 Å². The quantitative estimate of drug-likeness (QED) is 0.498. The Morgan fingerprint density at radius 3 is 2.75 bits per heavy atom. The summed E-state index contributed by atoms with van der Waals surface area (Å²) in [5.74, 6) is -0.888.